The molecule has 5 nitrogen and oxygen atoms in total. The number of rotatable bonds is 3. The lowest BCUT2D eigenvalue weighted by molar-refractivity contribution is -0.114. The van der Waals surface area contributed by atoms with E-state index in [1.807, 2.05) is 42.5 Å². The van der Waals surface area contributed by atoms with Gasteiger partial charge in [-0.2, -0.15) is 5.26 Å². The average Bonchev–Trinajstić information content (AvgIpc) is 2.65. The van der Waals surface area contributed by atoms with Crippen LogP contribution in [0.5, 0.6) is 0 Å². The van der Waals surface area contributed by atoms with Crippen LogP contribution in [0, 0.1) is 16.7 Å². The third kappa shape index (κ3) is 3.82. The van der Waals surface area contributed by atoms with Gasteiger partial charge in [-0.3, -0.25) is 10.2 Å². The predicted molar refractivity (Wildman–Crippen MR) is 106 cm³/mol. The summed E-state index contributed by atoms with van der Waals surface area (Å²) in [7, 11) is 0. The third-order valence-electron chi connectivity index (χ3n) is 3.93. The van der Waals surface area contributed by atoms with Crippen molar-refractivity contribution in [3.8, 4) is 6.07 Å². The van der Waals surface area contributed by atoms with Crippen LogP contribution in [0.15, 0.2) is 60.2 Å². The number of nitriles is 1. The van der Waals surface area contributed by atoms with Gasteiger partial charge in [-0.05, 0) is 35.4 Å². The molecule has 0 aliphatic carbocycles. The molecule has 26 heavy (non-hydrogen) atoms. The van der Waals surface area contributed by atoms with Crippen molar-refractivity contribution in [3.63, 3.8) is 0 Å². The Morgan fingerprint density at radius 1 is 1.19 bits per heavy atom. The van der Waals surface area contributed by atoms with Crippen molar-refractivity contribution in [2.75, 3.05) is 11.4 Å². The summed E-state index contributed by atoms with van der Waals surface area (Å²) in [6.45, 7) is 0.424. The standard InChI is InChI=1S/C20H16N4O.ClH/c21-13-15-9-7-14(8-10-15)12-17(19(22)23)20(25)24-11-3-5-16-4-1-2-6-18(16)24;/h1-10,12H,11H2,(H3,22,23);1H. The van der Waals surface area contributed by atoms with Crippen LogP contribution in [0.2, 0.25) is 0 Å². The Labute approximate surface area is 158 Å². The highest BCUT2D eigenvalue weighted by Gasteiger charge is 2.24. The van der Waals surface area contributed by atoms with Crippen molar-refractivity contribution in [2.24, 2.45) is 5.73 Å². The molecule has 0 spiro atoms. The largest absolute Gasteiger partial charge is 0.384 e. The van der Waals surface area contributed by atoms with Crippen molar-refractivity contribution in [1.29, 1.82) is 10.7 Å². The molecule has 0 fully saturated rings. The number of amides is 1. The predicted octanol–water partition coefficient (Wildman–Crippen LogP) is 3.36. The molecule has 1 heterocycles. The van der Waals surface area contributed by atoms with E-state index in [9.17, 15) is 4.79 Å². The van der Waals surface area contributed by atoms with Crippen LogP contribution >= 0.6 is 12.4 Å². The first kappa shape index (κ1) is 19.0. The second kappa shape index (κ2) is 8.15. The number of nitrogens with one attached hydrogen (secondary N) is 1. The molecule has 0 unspecified atom stereocenters. The second-order valence-corrected chi connectivity index (χ2v) is 5.58. The summed E-state index contributed by atoms with van der Waals surface area (Å²) in [6, 6.07) is 16.4. The molecule has 3 rings (SSSR count). The highest BCUT2D eigenvalue weighted by molar-refractivity contribution is 6.27. The minimum Gasteiger partial charge on any atom is -0.384 e. The van der Waals surface area contributed by atoms with Crippen molar-refractivity contribution in [3.05, 3.63) is 76.9 Å². The normalized spacial score (nSPS) is 12.6. The van der Waals surface area contributed by atoms with Crippen LogP contribution < -0.4 is 10.6 Å². The van der Waals surface area contributed by atoms with Crippen LogP contribution in [-0.4, -0.2) is 18.3 Å². The van der Waals surface area contributed by atoms with Crippen molar-refractivity contribution < 1.29 is 4.79 Å². The van der Waals surface area contributed by atoms with Crippen LogP contribution in [0.4, 0.5) is 5.69 Å². The number of carbonyl (C=O) groups excluding carboxylic acids is 1. The van der Waals surface area contributed by atoms with Crippen LogP contribution in [0.25, 0.3) is 12.2 Å². The minimum atomic E-state index is -0.325. The van der Waals surface area contributed by atoms with Gasteiger partial charge < -0.3 is 10.6 Å². The maximum Gasteiger partial charge on any atom is 0.262 e. The number of nitrogens with two attached hydrogens (primary N) is 1. The minimum absolute atomic E-state index is 0. The molecule has 0 saturated heterocycles. The monoisotopic (exact) mass is 364 g/mol. The zero-order chi connectivity index (χ0) is 17.8. The fourth-order valence-electron chi connectivity index (χ4n) is 2.67. The van der Waals surface area contributed by atoms with Crippen molar-refractivity contribution in [1.82, 2.24) is 0 Å². The Morgan fingerprint density at radius 3 is 2.54 bits per heavy atom. The maximum absolute atomic E-state index is 13.0. The van der Waals surface area contributed by atoms with Gasteiger partial charge in [0.05, 0.1) is 22.9 Å². The first-order valence-corrected chi connectivity index (χ1v) is 7.74. The van der Waals surface area contributed by atoms with Crippen LogP contribution in [-0.2, 0) is 4.79 Å². The lowest BCUT2D eigenvalue weighted by atomic mass is 10.0. The fraction of sp³-hybridized carbons (Fsp3) is 0.0500. The van der Waals surface area contributed by atoms with E-state index in [-0.39, 0.29) is 29.7 Å². The summed E-state index contributed by atoms with van der Waals surface area (Å²) in [5, 5.41) is 16.7. The summed E-state index contributed by atoms with van der Waals surface area (Å²) >= 11 is 0. The molecule has 0 radical (unpaired) electrons. The maximum atomic E-state index is 13.0. The topological polar surface area (TPSA) is 94.0 Å². The number of para-hydroxylation sites is 1. The number of amidine groups is 1. The van der Waals surface area contributed by atoms with Gasteiger partial charge in [-0.1, -0.05) is 42.5 Å². The molecule has 0 atom stereocenters. The zero-order valence-electron chi connectivity index (χ0n) is 13.8. The van der Waals surface area contributed by atoms with E-state index in [1.165, 1.54) is 0 Å². The molecule has 0 bridgehead atoms. The highest BCUT2D eigenvalue weighted by atomic mass is 35.5. The number of fused-ring (bicyclic) bond motifs is 1. The number of hydrogen-bond acceptors (Lipinski definition) is 3. The van der Waals surface area contributed by atoms with Gasteiger partial charge in [0.15, 0.2) is 0 Å². The second-order valence-electron chi connectivity index (χ2n) is 5.58. The molecule has 3 N–H and O–H groups in total. The van der Waals surface area contributed by atoms with Crippen molar-refractivity contribution in [2.45, 2.75) is 0 Å². The summed E-state index contributed by atoms with van der Waals surface area (Å²) in [5.41, 5.74) is 8.76. The Kier molecular flexibility index (Phi) is 5.94. The molecule has 2 aromatic carbocycles. The highest BCUT2D eigenvalue weighted by Crippen LogP contribution is 2.27. The summed E-state index contributed by atoms with van der Waals surface area (Å²) in [6.07, 6.45) is 5.45. The Balaban J connectivity index is 0.00000243. The molecule has 2 aromatic rings. The van der Waals surface area contributed by atoms with E-state index in [1.54, 1.807) is 35.2 Å². The average molecular weight is 365 g/mol. The number of carbonyl (C=O) groups is 1. The van der Waals surface area contributed by atoms with Crippen molar-refractivity contribution >= 4 is 42.0 Å². The van der Waals surface area contributed by atoms with Crippen LogP contribution in [0.1, 0.15) is 16.7 Å². The van der Waals surface area contributed by atoms with E-state index in [4.69, 9.17) is 16.4 Å². The van der Waals surface area contributed by atoms with Crippen LogP contribution in [0.3, 0.4) is 0 Å². The van der Waals surface area contributed by atoms with Gasteiger partial charge in [0.25, 0.3) is 5.91 Å². The van der Waals surface area contributed by atoms with Gasteiger partial charge in [0, 0.05) is 6.54 Å². The lowest BCUT2D eigenvalue weighted by Gasteiger charge is -2.27. The first-order chi connectivity index (χ1) is 12.1. The Morgan fingerprint density at radius 2 is 1.88 bits per heavy atom. The summed E-state index contributed by atoms with van der Waals surface area (Å²) in [5.74, 6) is -0.616. The third-order valence-corrected chi connectivity index (χ3v) is 3.93. The fourth-order valence-corrected chi connectivity index (χ4v) is 2.67. The number of halogens is 1. The van der Waals surface area contributed by atoms with Gasteiger partial charge in [0.1, 0.15) is 5.84 Å². The molecular formula is C20H17ClN4O. The van der Waals surface area contributed by atoms with E-state index in [2.05, 4.69) is 0 Å². The molecule has 130 valence electrons. The summed E-state index contributed by atoms with van der Waals surface area (Å²) < 4.78 is 0. The molecular weight excluding hydrogens is 348 g/mol. The lowest BCUT2D eigenvalue weighted by Crippen LogP contribution is -2.37. The Hall–Kier alpha value is -3.36. The van der Waals surface area contributed by atoms with E-state index in [0.717, 1.165) is 11.3 Å². The Bertz CT molecular complexity index is 939. The van der Waals surface area contributed by atoms with E-state index < -0.39 is 0 Å². The molecule has 1 aliphatic heterocycles. The van der Waals surface area contributed by atoms with Gasteiger partial charge in [0.2, 0.25) is 0 Å². The number of anilines is 1. The SMILES string of the molecule is Cl.N#Cc1ccc(C=C(C(=N)N)C(=O)N2CC=Cc3ccccc32)cc1. The summed E-state index contributed by atoms with van der Waals surface area (Å²) in [4.78, 5) is 14.6. The number of benzene rings is 2. The number of nitrogens with zero attached hydrogens (tertiary/aromatic N) is 2. The van der Waals surface area contributed by atoms with Gasteiger partial charge in [-0.15, -0.1) is 12.4 Å². The molecule has 1 aliphatic rings. The van der Waals surface area contributed by atoms with Gasteiger partial charge in [-0.25, -0.2) is 0 Å². The van der Waals surface area contributed by atoms with Gasteiger partial charge >= 0.3 is 0 Å². The van der Waals surface area contributed by atoms with E-state index >= 15 is 0 Å². The molecule has 0 saturated carbocycles. The quantitative estimate of drug-likeness (QED) is 0.496. The smallest absolute Gasteiger partial charge is 0.262 e. The molecule has 0 aromatic heterocycles. The zero-order valence-corrected chi connectivity index (χ0v) is 14.7. The number of hydrogen-bond donors (Lipinski definition) is 2. The molecule has 1 amide bonds. The van der Waals surface area contributed by atoms with E-state index in [0.29, 0.717) is 17.7 Å². The first-order valence-electron chi connectivity index (χ1n) is 7.74. The molecule has 6 heteroatoms.